The highest BCUT2D eigenvalue weighted by atomic mass is 32.2. The SMILES string of the molecule is NC(=O)CSc1ccccc1NC(=O)COC(=O)/C=C/c1ccccc1. The van der Waals surface area contributed by atoms with Gasteiger partial charge in [-0.2, -0.15) is 0 Å². The molecular formula is C19H18N2O4S. The molecule has 0 saturated heterocycles. The zero-order valence-electron chi connectivity index (χ0n) is 13.9. The third-order valence-corrected chi connectivity index (χ3v) is 4.18. The van der Waals surface area contributed by atoms with Crippen LogP contribution in [0.1, 0.15) is 5.56 Å². The molecule has 0 unspecified atom stereocenters. The lowest BCUT2D eigenvalue weighted by Gasteiger charge is -2.10. The summed E-state index contributed by atoms with van der Waals surface area (Å²) in [4.78, 5) is 35.2. The van der Waals surface area contributed by atoms with E-state index in [9.17, 15) is 14.4 Å². The molecule has 2 amide bonds. The number of primary amides is 1. The highest BCUT2D eigenvalue weighted by Crippen LogP contribution is 2.26. The minimum Gasteiger partial charge on any atom is -0.452 e. The summed E-state index contributed by atoms with van der Waals surface area (Å²) in [6.07, 6.45) is 2.87. The normalized spacial score (nSPS) is 10.5. The second-order valence-electron chi connectivity index (χ2n) is 5.15. The molecule has 0 atom stereocenters. The van der Waals surface area contributed by atoms with Crippen molar-refractivity contribution in [2.45, 2.75) is 4.90 Å². The molecule has 0 aliphatic rings. The molecule has 2 aromatic carbocycles. The standard InChI is InChI=1S/C19H18N2O4S/c20-17(22)13-26-16-9-5-4-8-15(16)21-18(23)12-25-19(24)11-10-14-6-2-1-3-7-14/h1-11H,12-13H2,(H2,20,22)(H,21,23)/b11-10+. The third-order valence-electron chi connectivity index (χ3n) is 3.09. The van der Waals surface area contributed by atoms with Crippen molar-refractivity contribution in [2.75, 3.05) is 17.7 Å². The molecule has 0 radical (unpaired) electrons. The molecular weight excluding hydrogens is 352 g/mol. The highest BCUT2D eigenvalue weighted by Gasteiger charge is 2.09. The van der Waals surface area contributed by atoms with Gasteiger partial charge < -0.3 is 15.8 Å². The summed E-state index contributed by atoms with van der Waals surface area (Å²) >= 11 is 1.22. The van der Waals surface area contributed by atoms with Crippen molar-refractivity contribution >= 4 is 41.3 Å². The van der Waals surface area contributed by atoms with E-state index in [4.69, 9.17) is 10.5 Å². The second kappa shape index (κ2) is 10.0. The van der Waals surface area contributed by atoms with Gasteiger partial charge in [-0.1, -0.05) is 42.5 Å². The number of para-hydroxylation sites is 1. The number of carbonyl (C=O) groups excluding carboxylic acids is 3. The number of benzene rings is 2. The number of thioether (sulfide) groups is 1. The largest absolute Gasteiger partial charge is 0.452 e. The average molecular weight is 370 g/mol. The highest BCUT2D eigenvalue weighted by molar-refractivity contribution is 8.00. The molecule has 2 aromatic rings. The zero-order valence-corrected chi connectivity index (χ0v) is 14.7. The lowest BCUT2D eigenvalue weighted by atomic mass is 10.2. The molecule has 0 aromatic heterocycles. The first kappa shape index (κ1) is 19.3. The Morgan fingerprint density at radius 2 is 1.73 bits per heavy atom. The van der Waals surface area contributed by atoms with Crippen LogP contribution in [0.2, 0.25) is 0 Å². The number of hydrogen-bond acceptors (Lipinski definition) is 5. The van der Waals surface area contributed by atoms with Crippen LogP contribution < -0.4 is 11.1 Å². The van der Waals surface area contributed by atoms with Crippen LogP contribution in [0.4, 0.5) is 5.69 Å². The predicted octanol–water partition coefficient (Wildman–Crippen LogP) is 2.46. The van der Waals surface area contributed by atoms with Crippen LogP contribution >= 0.6 is 11.8 Å². The number of nitrogens with one attached hydrogen (secondary N) is 1. The minimum atomic E-state index is -0.611. The van der Waals surface area contributed by atoms with Crippen molar-refractivity contribution < 1.29 is 19.1 Å². The van der Waals surface area contributed by atoms with Crippen molar-refractivity contribution in [2.24, 2.45) is 5.73 Å². The number of nitrogens with two attached hydrogens (primary N) is 1. The van der Waals surface area contributed by atoms with Gasteiger partial charge in [-0.05, 0) is 23.8 Å². The van der Waals surface area contributed by atoms with E-state index >= 15 is 0 Å². The Bertz CT molecular complexity index is 806. The van der Waals surface area contributed by atoms with Gasteiger partial charge in [0.25, 0.3) is 5.91 Å². The van der Waals surface area contributed by atoms with Gasteiger partial charge in [-0.25, -0.2) is 4.79 Å². The van der Waals surface area contributed by atoms with E-state index in [0.29, 0.717) is 10.6 Å². The van der Waals surface area contributed by atoms with E-state index in [-0.39, 0.29) is 5.75 Å². The number of amides is 2. The summed E-state index contributed by atoms with van der Waals surface area (Å²) < 4.78 is 4.92. The first-order valence-electron chi connectivity index (χ1n) is 7.74. The number of anilines is 1. The van der Waals surface area contributed by atoms with Crippen LogP contribution in [-0.4, -0.2) is 30.1 Å². The topological polar surface area (TPSA) is 98.5 Å². The van der Waals surface area contributed by atoms with Crippen LogP contribution in [0, 0.1) is 0 Å². The quantitative estimate of drug-likeness (QED) is 0.422. The van der Waals surface area contributed by atoms with Gasteiger partial charge in [0, 0.05) is 11.0 Å². The van der Waals surface area contributed by atoms with Gasteiger partial charge in [0.05, 0.1) is 11.4 Å². The van der Waals surface area contributed by atoms with Crippen molar-refractivity contribution in [3.63, 3.8) is 0 Å². The Morgan fingerprint density at radius 1 is 1.04 bits per heavy atom. The van der Waals surface area contributed by atoms with E-state index in [2.05, 4.69) is 5.32 Å². The number of esters is 1. The Balaban J connectivity index is 1.84. The fourth-order valence-corrected chi connectivity index (χ4v) is 2.69. The Kier molecular flexibility index (Phi) is 7.45. The molecule has 7 heteroatoms. The molecule has 0 heterocycles. The van der Waals surface area contributed by atoms with E-state index in [1.807, 2.05) is 30.3 Å². The smallest absolute Gasteiger partial charge is 0.331 e. The van der Waals surface area contributed by atoms with E-state index in [1.165, 1.54) is 17.8 Å². The van der Waals surface area contributed by atoms with Gasteiger partial charge in [-0.3, -0.25) is 9.59 Å². The van der Waals surface area contributed by atoms with E-state index < -0.39 is 24.4 Å². The van der Waals surface area contributed by atoms with Gasteiger partial charge in [-0.15, -0.1) is 11.8 Å². The van der Waals surface area contributed by atoms with Crippen LogP contribution in [0.15, 0.2) is 65.6 Å². The fourth-order valence-electron chi connectivity index (χ4n) is 1.94. The summed E-state index contributed by atoms with van der Waals surface area (Å²) in [6, 6.07) is 16.3. The third kappa shape index (κ3) is 6.82. The molecule has 2 rings (SSSR count). The van der Waals surface area contributed by atoms with E-state index in [0.717, 1.165) is 5.56 Å². The van der Waals surface area contributed by atoms with Crippen LogP contribution in [0.25, 0.3) is 6.08 Å². The predicted molar refractivity (Wildman–Crippen MR) is 101 cm³/mol. The van der Waals surface area contributed by atoms with Crippen molar-refractivity contribution in [1.82, 2.24) is 0 Å². The summed E-state index contributed by atoms with van der Waals surface area (Å²) in [6.45, 7) is -0.410. The molecule has 0 bridgehead atoms. The van der Waals surface area contributed by atoms with Crippen LogP contribution in [0.5, 0.6) is 0 Å². The first-order valence-corrected chi connectivity index (χ1v) is 8.73. The van der Waals surface area contributed by atoms with Crippen molar-refractivity contribution in [1.29, 1.82) is 0 Å². The fraction of sp³-hybridized carbons (Fsp3) is 0.105. The number of carbonyl (C=O) groups is 3. The number of ether oxygens (including phenoxy) is 1. The molecule has 26 heavy (non-hydrogen) atoms. The molecule has 6 nitrogen and oxygen atoms in total. The van der Waals surface area contributed by atoms with E-state index in [1.54, 1.807) is 30.3 Å². The lowest BCUT2D eigenvalue weighted by Crippen LogP contribution is -2.20. The molecule has 0 aliphatic carbocycles. The molecule has 0 aliphatic heterocycles. The first-order chi connectivity index (χ1) is 12.5. The molecule has 0 saturated carbocycles. The Hall–Kier alpha value is -3.06. The number of hydrogen-bond donors (Lipinski definition) is 2. The molecule has 0 fully saturated rings. The maximum Gasteiger partial charge on any atom is 0.331 e. The maximum absolute atomic E-state index is 12.0. The summed E-state index contributed by atoms with van der Waals surface area (Å²) in [5.41, 5.74) is 6.52. The molecule has 3 N–H and O–H groups in total. The van der Waals surface area contributed by atoms with Gasteiger partial charge in [0.1, 0.15) is 0 Å². The monoisotopic (exact) mass is 370 g/mol. The van der Waals surface area contributed by atoms with Crippen LogP contribution in [0.3, 0.4) is 0 Å². The van der Waals surface area contributed by atoms with Gasteiger partial charge >= 0.3 is 5.97 Å². The second-order valence-corrected chi connectivity index (χ2v) is 6.17. The maximum atomic E-state index is 12.0. The summed E-state index contributed by atoms with van der Waals surface area (Å²) in [5.74, 6) is -1.43. The van der Waals surface area contributed by atoms with Gasteiger partial charge in [0.2, 0.25) is 5.91 Å². The Morgan fingerprint density at radius 3 is 2.46 bits per heavy atom. The summed E-state index contributed by atoms with van der Waals surface area (Å²) in [5, 5.41) is 2.65. The number of rotatable bonds is 8. The lowest BCUT2D eigenvalue weighted by molar-refractivity contribution is -0.142. The van der Waals surface area contributed by atoms with Crippen molar-refractivity contribution in [3.05, 3.63) is 66.2 Å². The van der Waals surface area contributed by atoms with Gasteiger partial charge in [0.15, 0.2) is 6.61 Å². The summed E-state index contributed by atoms with van der Waals surface area (Å²) in [7, 11) is 0. The van der Waals surface area contributed by atoms with Crippen molar-refractivity contribution in [3.8, 4) is 0 Å². The molecule has 0 spiro atoms. The average Bonchev–Trinajstić information content (AvgIpc) is 2.65. The molecule has 134 valence electrons. The van der Waals surface area contributed by atoms with Crippen LogP contribution in [-0.2, 0) is 19.1 Å². The Labute approximate surface area is 155 Å². The minimum absolute atomic E-state index is 0.103. The zero-order chi connectivity index (χ0) is 18.8.